The number of amides is 1. The fraction of sp³-hybridized carbons (Fsp3) is 0.923. The number of carbonyl (C=O) groups is 1. The number of rotatable bonds is 3. The van der Waals surface area contributed by atoms with E-state index in [1.54, 1.807) is 0 Å². The number of alkyl halides is 2. The average Bonchev–Trinajstić information content (AvgIpc) is 3.05. The molecule has 5 atom stereocenters. The molecule has 21 heavy (non-hydrogen) atoms. The third-order valence-corrected chi connectivity index (χ3v) is 4.44. The Morgan fingerprint density at radius 2 is 2.19 bits per heavy atom. The van der Waals surface area contributed by atoms with E-state index in [1.165, 1.54) is 4.90 Å². The summed E-state index contributed by atoms with van der Waals surface area (Å²) in [5, 5.41) is 9.97. The van der Waals surface area contributed by atoms with E-state index in [0.717, 1.165) is 0 Å². The van der Waals surface area contributed by atoms with Crippen molar-refractivity contribution in [3.63, 3.8) is 0 Å². The van der Waals surface area contributed by atoms with E-state index in [0.29, 0.717) is 6.42 Å². The van der Waals surface area contributed by atoms with Gasteiger partial charge < -0.3 is 25.2 Å². The molecule has 0 radical (unpaired) electrons. The summed E-state index contributed by atoms with van der Waals surface area (Å²) in [4.78, 5) is 13.2. The third-order valence-electron chi connectivity index (χ3n) is 4.44. The zero-order valence-electron chi connectivity index (χ0n) is 11.6. The molecule has 120 valence electrons. The van der Waals surface area contributed by atoms with Crippen molar-refractivity contribution in [3.05, 3.63) is 0 Å². The minimum Gasteiger partial charge on any atom is -0.388 e. The Hall–Kier alpha value is -0.830. The molecule has 1 amide bonds. The minimum atomic E-state index is -2.78. The first kappa shape index (κ1) is 15.1. The van der Waals surface area contributed by atoms with Crippen molar-refractivity contribution in [2.45, 2.75) is 55.7 Å². The Morgan fingerprint density at radius 1 is 1.43 bits per heavy atom. The van der Waals surface area contributed by atoms with Crippen LogP contribution in [0.15, 0.2) is 0 Å². The van der Waals surface area contributed by atoms with Gasteiger partial charge in [0.25, 0.3) is 5.92 Å². The van der Waals surface area contributed by atoms with Crippen molar-refractivity contribution in [1.82, 2.24) is 4.90 Å². The monoisotopic (exact) mass is 306 g/mol. The number of nitrogens with two attached hydrogens (primary N) is 1. The van der Waals surface area contributed by atoms with Crippen molar-refractivity contribution in [1.29, 1.82) is 0 Å². The lowest BCUT2D eigenvalue weighted by Crippen LogP contribution is -2.37. The molecule has 8 heteroatoms. The fourth-order valence-corrected chi connectivity index (χ4v) is 3.31. The average molecular weight is 306 g/mol. The van der Waals surface area contributed by atoms with Crippen molar-refractivity contribution in [2.24, 2.45) is 5.73 Å². The quantitative estimate of drug-likeness (QED) is 0.733. The predicted octanol–water partition coefficient (Wildman–Crippen LogP) is -0.511. The molecule has 3 aliphatic heterocycles. The largest absolute Gasteiger partial charge is 0.388 e. The summed E-state index contributed by atoms with van der Waals surface area (Å²) in [6.45, 7) is -0.219. The van der Waals surface area contributed by atoms with Crippen LogP contribution in [-0.4, -0.2) is 72.0 Å². The van der Waals surface area contributed by atoms with Crippen LogP contribution in [0.5, 0.6) is 0 Å². The number of hydrogen-bond acceptors (Lipinski definition) is 5. The van der Waals surface area contributed by atoms with Crippen LogP contribution in [-0.2, 0) is 14.3 Å². The standard InChI is InChI=1S/C13H20F2N2O4/c14-13(15)1-2-17(6-13)10(18)4-7-3-8-12(20-7)11(19)9(5-16)21-8/h7-9,11-12,19H,1-6,16H2/t7-,8+,9+,11+,12-/m0/s1. The molecular formula is C13H20F2N2O4. The molecule has 0 spiro atoms. The maximum Gasteiger partial charge on any atom is 0.267 e. The smallest absolute Gasteiger partial charge is 0.267 e. The van der Waals surface area contributed by atoms with E-state index in [2.05, 4.69) is 0 Å². The maximum atomic E-state index is 13.1. The number of hydrogen-bond donors (Lipinski definition) is 2. The number of carbonyl (C=O) groups excluding carboxylic acids is 1. The third kappa shape index (κ3) is 2.90. The summed E-state index contributed by atoms with van der Waals surface area (Å²) in [7, 11) is 0. The molecule has 6 nitrogen and oxygen atoms in total. The number of likely N-dealkylation sites (tertiary alicyclic amines) is 1. The van der Waals surface area contributed by atoms with E-state index >= 15 is 0 Å². The molecule has 0 aromatic heterocycles. The summed E-state index contributed by atoms with van der Waals surface area (Å²) in [6, 6.07) is 0. The molecule has 0 aromatic rings. The van der Waals surface area contributed by atoms with E-state index in [4.69, 9.17) is 15.2 Å². The first-order valence-electron chi connectivity index (χ1n) is 7.24. The Morgan fingerprint density at radius 3 is 2.76 bits per heavy atom. The topological polar surface area (TPSA) is 85.0 Å². The zero-order valence-corrected chi connectivity index (χ0v) is 11.6. The van der Waals surface area contributed by atoms with Gasteiger partial charge in [0.2, 0.25) is 5.91 Å². The van der Waals surface area contributed by atoms with E-state index in [-0.39, 0.29) is 37.9 Å². The van der Waals surface area contributed by atoms with E-state index < -0.39 is 36.9 Å². The highest BCUT2D eigenvalue weighted by molar-refractivity contribution is 5.77. The van der Waals surface area contributed by atoms with Crippen LogP contribution in [0.25, 0.3) is 0 Å². The van der Waals surface area contributed by atoms with Gasteiger partial charge in [-0.2, -0.15) is 0 Å². The van der Waals surface area contributed by atoms with Crippen LogP contribution in [0.1, 0.15) is 19.3 Å². The molecule has 3 rings (SSSR count). The van der Waals surface area contributed by atoms with Gasteiger partial charge in [0.1, 0.15) is 12.2 Å². The van der Waals surface area contributed by atoms with Gasteiger partial charge in [-0.15, -0.1) is 0 Å². The highest BCUT2D eigenvalue weighted by atomic mass is 19.3. The van der Waals surface area contributed by atoms with Crippen LogP contribution in [0.2, 0.25) is 0 Å². The molecule has 3 saturated heterocycles. The summed E-state index contributed by atoms with van der Waals surface area (Å²) in [5.41, 5.74) is 5.48. The first-order valence-corrected chi connectivity index (χ1v) is 7.24. The zero-order chi connectivity index (χ0) is 15.2. The Labute approximate surface area is 121 Å². The molecule has 3 heterocycles. The summed E-state index contributed by atoms with van der Waals surface area (Å²) in [6.07, 6.45) is -2.13. The second kappa shape index (κ2) is 5.42. The number of aliphatic hydroxyl groups is 1. The Kier molecular flexibility index (Phi) is 3.89. The number of nitrogens with zero attached hydrogens (tertiary/aromatic N) is 1. The van der Waals surface area contributed by atoms with Crippen LogP contribution < -0.4 is 5.73 Å². The summed E-state index contributed by atoms with van der Waals surface area (Å²) in [5.74, 6) is -3.11. The van der Waals surface area contributed by atoms with Gasteiger partial charge in [0, 0.05) is 25.9 Å². The minimum absolute atomic E-state index is 0.0481. The van der Waals surface area contributed by atoms with Gasteiger partial charge in [-0.05, 0) is 0 Å². The molecule has 0 aromatic carbocycles. The summed E-state index contributed by atoms with van der Waals surface area (Å²) >= 11 is 0. The van der Waals surface area contributed by atoms with Gasteiger partial charge in [-0.1, -0.05) is 0 Å². The lowest BCUT2D eigenvalue weighted by atomic mass is 10.1. The van der Waals surface area contributed by atoms with E-state index in [9.17, 15) is 18.7 Å². The second-order valence-electron chi connectivity index (χ2n) is 6.02. The normalized spacial score (nSPS) is 41.5. The first-order chi connectivity index (χ1) is 9.89. The van der Waals surface area contributed by atoms with Crippen LogP contribution in [0, 0.1) is 0 Å². The predicted molar refractivity (Wildman–Crippen MR) is 67.8 cm³/mol. The van der Waals surface area contributed by atoms with Gasteiger partial charge in [-0.25, -0.2) is 8.78 Å². The molecule has 3 aliphatic rings. The molecule has 0 saturated carbocycles. The van der Waals surface area contributed by atoms with Gasteiger partial charge in [0.05, 0.1) is 31.3 Å². The molecule has 3 N–H and O–H groups in total. The Bertz CT molecular complexity index is 423. The molecule has 3 fully saturated rings. The highest BCUT2D eigenvalue weighted by Gasteiger charge is 2.50. The lowest BCUT2D eigenvalue weighted by molar-refractivity contribution is -0.135. The molecule has 0 bridgehead atoms. The number of aliphatic hydroxyl groups excluding tert-OH is 1. The fourth-order valence-electron chi connectivity index (χ4n) is 3.31. The van der Waals surface area contributed by atoms with Gasteiger partial charge >= 0.3 is 0 Å². The molecular weight excluding hydrogens is 286 g/mol. The molecule has 0 aliphatic carbocycles. The maximum absolute atomic E-state index is 13.1. The van der Waals surface area contributed by atoms with Gasteiger partial charge in [-0.3, -0.25) is 4.79 Å². The highest BCUT2D eigenvalue weighted by Crippen LogP contribution is 2.36. The van der Waals surface area contributed by atoms with Crippen LogP contribution in [0.3, 0.4) is 0 Å². The lowest BCUT2D eigenvalue weighted by Gasteiger charge is -2.21. The van der Waals surface area contributed by atoms with Crippen molar-refractivity contribution in [3.8, 4) is 0 Å². The van der Waals surface area contributed by atoms with Crippen molar-refractivity contribution in [2.75, 3.05) is 19.6 Å². The number of ether oxygens (including phenoxy) is 2. The number of halogens is 2. The SMILES string of the molecule is NC[C@H]1O[C@@H]2C[C@@H](CC(=O)N3CCC(F)(F)C3)O[C@@H]2[C@@H]1O. The number of fused-ring (bicyclic) bond motifs is 1. The van der Waals surface area contributed by atoms with Crippen LogP contribution in [0.4, 0.5) is 8.78 Å². The second-order valence-corrected chi connectivity index (χ2v) is 6.02. The summed E-state index contributed by atoms with van der Waals surface area (Å²) < 4.78 is 37.4. The van der Waals surface area contributed by atoms with Crippen LogP contribution >= 0.6 is 0 Å². The van der Waals surface area contributed by atoms with Crippen molar-refractivity contribution >= 4 is 5.91 Å². The van der Waals surface area contributed by atoms with E-state index in [1.807, 2.05) is 0 Å². The van der Waals surface area contributed by atoms with Gasteiger partial charge in [0.15, 0.2) is 0 Å². The molecule has 0 unspecified atom stereocenters. The van der Waals surface area contributed by atoms with Crippen molar-refractivity contribution < 1.29 is 28.2 Å². The Balaban J connectivity index is 1.51.